The molecule has 79 valence electrons. The maximum absolute atomic E-state index is 10.2. The van der Waals surface area contributed by atoms with E-state index in [4.69, 9.17) is 9.47 Å². The van der Waals surface area contributed by atoms with Crippen LogP contribution in [0.15, 0.2) is 0 Å². The van der Waals surface area contributed by atoms with Gasteiger partial charge in [0.2, 0.25) is 0 Å². The number of carbonyl (C=O) groups is 2. The summed E-state index contributed by atoms with van der Waals surface area (Å²) in [4.78, 5) is 20.4. The molecule has 0 saturated heterocycles. The Morgan fingerprint density at radius 3 is 1.64 bits per heavy atom. The fraction of sp³-hybridized carbons (Fsp3) is 0.429. The Labute approximate surface area is 108 Å². The molecule has 0 rings (SSSR count). The third-order valence-electron chi connectivity index (χ3n) is 0.909. The fourth-order valence-electron chi connectivity index (χ4n) is 0.405. The molecule has 0 aromatic carbocycles. The minimum absolute atomic E-state index is 0. The van der Waals surface area contributed by atoms with E-state index in [0.717, 1.165) is 0 Å². The van der Waals surface area contributed by atoms with Crippen molar-refractivity contribution in [1.29, 1.82) is 0 Å². The maximum Gasteiger partial charge on any atom is 0.151 e. The molecule has 6 nitrogen and oxygen atoms in total. The van der Waals surface area contributed by atoms with Gasteiger partial charge in [0.15, 0.2) is 6.79 Å². The molecular weight excluding hydrogens is 265 g/mol. The van der Waals surface area contributed by atoms with Gasteiger partial charge in [0, 0.05) is 32.7 Å². The number of carbonyl (C=O) groups excluding carboxylic acids is 2. The fourth-order valence-corrected chi connectivity index (χ4v) is 0.405. The normalized spacial score (nSPS) is 8.57. The van der Waals surface area contributed by atoms with E-state index in [9.17, 15) is 9.59 Å². The molecule has 0 unspecified atom stereocenters. The zero-order chi connectivity index (χ0) is 10.1. The molecule has 0 aliphatic heterocycles. The summed E-state index contributed by atoms with van der Waals surface area (Å²) < 4.78 is 9.52. The predicted octanol–water partition coefficient (Wildman–Crippen LogP) is -1.21. The van der Waals surface area contributed by atoms with Gasteiger partial charge >= 0.3 is 0 Å². The molecular formula is C7H12N2O4Y-2. The Bertz CT molecular complexity index is 159. The molecule has 7 heteroatoms. The van der Waals surface area contributed by atoms with Gasteiger partial charge in [0.05, 0.1) is 11.8 Å². The van der Waals surface area contributed by atoms with E-state index in [0.29, 0.717) is 0 Å². The number of hydrogen-bond donors (Lipinski definition) is 2. The zero-order valence-corrected chi connectivity index (χ0v) is 10.6. The number of ether oxygens (including phenoxy) is 2. The van der Waals surface area contributed by atoms with Gasteiger partial charge in [-0.15, -0.1) is 0 Å². The Hall–Kier alpha value is -0.296. The van der Waals surface area contributed by atoms with Gasteiger partial charge in [-0.2, -0.15) is 0 Å². The molecule has 0 spiro atoms. The minimum atomic E-state index is -0.425. The molecule has 1 radical (unpaired) electrons. The Kier molecular flexibility index (Phi) is 12.4. The van der Waals surface area contributed by atoms with Gasteiger partial charge in [0.25, 0.3) is 0 Å². The number of nitrogens with one attached hydrogen (secondary N) is 2. The van der Waals surface area contributed by atoms with Crippen LogP contribution in [-0.4, -0.2) is 32.1 Å². The predicted molar refractivity (Wildman–Crippen MR) is 43.8 cm³/mol. The first-order valence-electron chi connectivity index (χ1n) is 3.48. The summed E-state index contributed by atoms with van der Waals surface area (Å²) in [6.45, 7) is 6.15. The molecule has 0 fully saturated rings. The van der Waals surface area contributed by atoms with E-state index in [-0.39, 0.29) is 53.0 Å². The van der Waals surface area contributed by atoms with Crippen LogP contribution in [0.3, 0.4) is 0 Å². The van der Waals surface area contributed by atoms with E-state index in [2.05, 4.69) is 24.5 Å². The molecule has 0 aromatic heterocycles. The van der Waals surface area contributed by atoms with E-state index in [1.165, 1.54) is 0 Å². The van der Waals surface area contributed by atoms with Crippen molar-refractivity contribution in [3.8, 4) is 0 Å². The van der Waals surface area contributed by atoms with Gasteiger partial charge in [-0.1, -0.05) is 0 Å². The number of rotatable bonds is 6. The standard InChI is InChI=1S/C7H12N2O4.Y/c1-6(10)8-3-12-5-13-4-9-7(2)11;/h1-5H2,(H,8,10)(H,9,11);/q-2;. The summed E-state index contributed by atoms with van der Waals surface area (Å²) in [5.41, 5.74) is 0. The molecule has 0 aliphatic carbocycles. The average Bonchev–Trinajstić information content (AvgIpc) is 2.01. The average molecular weight is 277 g/mol. The van der Waals surface area contributed by atoms with Crippen molar-refractivity contribution >= 4 is 11.8 Å². The second-order valence-corrected chi connectivity index (χ2v) is 2.01. The molecule has 0 atom stereocenters. The van der Waals surface area contributed by atoms with Crippen molar-refractivity contribution in [2.24, 2.45) is 0 Å². The van der Waals surface area contributed by atoms with Crippen molar-refractivity contribution in [2.75, 3.05) is 20.3 Å². The van der Waals surface area contributed by atoms with Crippen LogP contribution < -0.4 is 10.6 Å². The summed E-state index contributed by atoms with van der Waals surface area (Å²) in [5.74, 6) is -0.850. The number of amides is 2. The van der Waals surface area contributed by atoms with Gasteiger partial charge in [-0.3, -0.25) is 0 Å². The zero-order valence-electron chi connectivity index (χ0n) is 7.75. The summed E-state index contributed by atoms with van der Waals surface area (Å²) in [6.07, 6.45) is 0. The first-order chi connectivity index (χ1) is 6.13. The van der Waals surface area contributed by atoms with Crippen LogP contribution in [0.1, 0.15) is 0 Å². The van der Waals surface area contributed by atoms with Crippen molar-refractivity contribution in [3.63, 3.8) is 0 Å². The maximum atomic E-state index is 10.2. The van der Waals surface area contributed by atoms with Crippen LogP contribution in [0, 0.1) is 13.8 Å². The smallest absolute Gasteiger partial charge is 0.151 e. The van der Waals surface area contributed by atoms with Crippen molar-refractivity contribution in [1.82, 2.24) is 10.6 Å². The summed E-state index contributed by atoms with van der Waals surface area (Å²) in [7, 11) is 0. The van der Waals surface area contributed by atoms with Crippen LogP contribution in [-0.2, 0) is 51.8 Å². The van der Waals surface area contributed by atoms with Crippen LogP contribution in [0.25, 0.3) is 0 Å². The minimum Gasteiger partial charge on any atom is -0.359 e. The van der Waals surface area contributed by atoms with Crippen molar-refractivity contribution in [2.45, 2.75) is 0 Å². The van der Waals surface area contributed by atoms with E-state index in [1.807, 2.05) is 0 Å². The van der Waals surface area contributed by atoms with Gasteiger partial charge in [0.1, 0.15) is 13.5 Å². The first-order valence-corrected chi connectivity index (χ1v) is 3.48. The van der Waals surface area contributed by atoms with Gasteiger partial charge < -0.3 is 43.5 Å². The topological polar surface area (TPSA) is 76.7 Å². The molecule has 0 aliphatic rings. The summed E-state index contributed by atoms with van der Waals surface area (Å²) in [6, 6.07) is 0. The van der Waals surface area contributed by atoms with Gasteiger partial charge in [-0.25, -0.2) is 0 Å². The molecule has 0 heterocycles. The summed E-state index contributed by atoms with van der Waals surface area (Å²) >= 11 is 0. The van der Waals surface area contributed by atoms with Gasteiger partial charge in [-0.05, 0) is 0 Å². The third kappa shape index (κ3) is 14.2. The molecule has 2 N–H and O–H groups in total. The Morgan fingerprint density at radius 2 is 1.36 bits per heavy atom. The molecule has 0 bridgehead atoms. The molecule has 0 aromatic rings. The molecule has 14 heavy (non-hydrogen) atoms. The van der Waals surface area contributed by atoms with Crippen molar-refractivity contribution in [3.05, 3.63) is 13.8 Å². The van der Waals surface area contributed by atoms with Crippen molar-refractivity contribution < 1.29 is 51.8 Å². The molecule has 2 amide bonds. The van der Waals surface area contributed by atoms with Crippen LogP contribution in [0.4, 0.5) is 0 Å². The Morgan fingerprint density at radius 1 is 1.00 bits per heavy atom. The van der Waals surface area contributed by atoms with E-state index >= 15 is 0 Å². The second kappa shape index (κ2) is 10.8. The summed E-state index contributed by atoms with van der Waals surface area (Å²) in [5, 5.41) is 4.59. The van der Waals surface area contributed by atoms with Crippen LogP contribution in [0.5, 0.6) is 0 Å². The monoisotopic (exact) mass is 277 g/mol. The quantitative estimate of drug-likeness (QED) is 0.363. The largest absolute Gasteiger partial charge is 0.359 e. The van der Waals surface area contributed by atoms with Crippen LogP contribution >= 0.6 is 0 Å². The Balaban J connectivity index is 0. The number of hydrogen-bond acceptors (Lipinski definition) is 4. The third-order valence-corrected chi connectivity index (χ3v) is 0.909. The van der Waals surface area contributed by atoms with E-state index in [1.54, 1.807) is 0 Å². The first kappa shape index (κ1) is 16.1. The second-order valence-electron chi connectivity index (χ2n) is 2.01. The SMILES string of the molecule is [CH2-]C(=O)NCOCOCNC([CH2-])=O.[Y]. The van der Waals surface area contributed by atoms with Crippen LogP contribution in [0.2, 0.25) is 0 Å². The molecule has 0 saturated carbocycles. The van der Waals surface area contributed by atoms with E-state index < -0.39 is 11.8 Å².